The summed E-state index contributed by atoms with van der Waals surface area (Å²) in [5, 5.41) is 10.6. The quantitative estimate of drug-likeness (QED) is 0.775. The Morgan fingerprint density at radius 1 is 0.926 bits per heavy atom. The van der Waals surface area contributed by atoms with Crippen molar-refractivity contribution < 1.29 is 8.42 Å². The van der Waals surface area contributed by atoms with Crippen LogP contribution >= 0.6 is 11.3 Å². The van der Waals surface area contributed by atoms with E-state index < -0.39 is 10.0 Å². The third-order valence-corrected chi connectivity index (χ3v) is 8.67. The van der Waals surface area contributed by atoms with E-state index in [4.69, 9.17) is 0 Å². The lowest BCUT2D eigenvalue weighted by Gasteiger charge is -2.34. The Hall–Kier alpha value is -1.71. The van der Waals surface area contributed by atoms with Crippen LogP contribution in [0.5, 0.6) is 0 Å². The summed E-state index contributed by atoms with van der Waals surface area (Å²) in [6, 6.07) is 7.47. The summed E-state index contributed by atoms with van der Waals surface area (Å²) in [7, 11) is -3.37. The van der Waals surface area contributed by atoms with Gasteiger partial charge in [-0.3, -0.25) is 0 Å². The average molecular weight is 408 g/mol. The van der Waals surface area contributed by atoms with E-state index in [0.29, 0.717) is 30.4 Å². The number of anilines is 2. The van der Waals surface area contributed by atoms with E-state index in [1.54, 1.807) is 21.8 Å². The molecule has 2 aliphatic rings. The van der Waals surface area contributed by atoms with Crippen LogP contribution in [0.4, 0.5) is 11.6 Å². The molecule has 0 bridgehead atoms. The molecule has 0 atom stereocenters. The highest BCUT2D eigenvalue weighted by atomic mass is 32.2. The molecular weight excluding hydrogens is 382 g/mol. The van der Waals surface area contributed by atoms with Crippen molar-refractivity contribution in [1.82, 2.24) is 14.5 Å². The molecule has 9 heteroatoms. The molecule has 2 aromatic heterocycles. The van der Waals surface area contributed by atoms with Crippen molar-refractivity contribution >= 4 is 33.0 Å². The Labute approximate surface area is 164 Å². The lowest BCUT2D eigenvalue weighted by atomic mass is 9.99. The van der Waals surface area contributed by atoms with Gasteiger partial charge < -0.3 is 9.80 Å². The third kappa shape index (κ3) is 3.95. The van der Waals surface area contributed by atoms with E-state index in [9.17, 15) is 8.42 Å². The minimum absolute atomic E-state index is 0.413. The Balaban J connectivity index is 1.37. The first-order valence-corrected chi connectivity index (χ1v) is 11.7. The van der Waals surface area contributed by atoms with Crippen molar-refractivity contribution in [2.24, 2.45) is 5.92 Å². The van der Waals surface area contributed by atoms with Crippen LogP contribution in [0.25, 0.3) is 0 Å². The van der Waals surface area contributed by atoms with Crippen LogP contribution in [-0.4, -0.2) is 62.2 Å². The van der Waals surface area contributed by atoms with Crippen LogP contribution in [-0.2, 0) is 10.0 Å². The van der Waals surface area contributed by atoms with Crippen LogP contribution in [0, 0.1) is 5.92 Å². The number of piperazine rings is 1. The number of thiophene rings is 1. The van der Waals surface area contributed by atoms with Gasteiger partial charge in [0, 0.05) is 39.3 Å². The minimum Gasteiger partial charge on any atom is -0.355 e. The molecule has 0 aromatic carbocycles. The summed E-state index contributed by atoms with van der Waals surface area (Å²) < 4.78 is 27.2. The predicted octanol–water partition coefficient (Wildman–Crippen LogP) is 2.29. The van der Waals surface area contributed by atoms with Gasteiger partial charge in [0.2, 0.25) is 0 Å². The third-order valence-electron chi connectivity index (χ3n) is 5.40. The summed E-state index contributed by atoms with van der Waals surface area (Å²) in [5.41, 5.74) is 0. The fourth-order valence-electron chi connectivity index (χ4n) is 3.59. The molecule has 2 aromatic rings. The fraction of sp³-hybridized carbons (Fsp3) is 0.556. The highest BCUT2D eigenvalue weighted by Crippen LogP contribution is 2.25. The molecule has 4 rings (SSSR count). The van der Waals surface area contributed by atoms with Gasteiger partial charge in [0.05, 0.1) is 0 Å². The number of rotatable bonds is 4. The molecule has 146 valence electrons. The summed E-state index contributed by atoms with van der Waals surface area (Å²) in [4.78, 5) is 4.40. The zero-order chi connectivity index (χ0) is 18.9. The minimum atomic E-state index is -3.37. The Bertz CT molecular complexity index is 838. The van der Waals surface area contributed by atoms with Crippen LogP contribution in [0.2, 0.25) is 0 Å². The highest BCUT2D eigenvalue weighted by Gasteiger charge is 2.29. The van der Waals surface area contributed by atoms with Crippen LogP contribution < -0.4 is 9.80 Å². The van der Waals surface area contributed by atoms with Crippen LogP contribution in [0.3, 0.4) is 0 Å². The number of sulfonamides is 1. The number of hydrogen-bond donors (Lipinski definition) is 0. The normalized spacial score (nSPS) is 20.2. The number of piperidine rings is 1. The molecule has 0 amide bonds. The van der Waals surface area contributed by atoms with Crippen LogP contribution in [0.1, 0.15) is 19.8 Å². The van der Waals surface area contributed by atoms with Crippen molar-refractivity contribution in [2.45, 2.75) is 24.0 Å². The van der Waals surface area contributed by atoms with Crippen molar-refractivity contribution in [3.05, 3.63) is 29.6 Å². The molecule has 0 N–H and O–H groups in total. The van der Waals surface area contributed by atoms with E-state index in [1.165, 1.54) is 24.2 Å². The standard InChI is InChI=1S/C18H25N5O2S2/c1-15-6-8-21(9-7-15)16-4-5-17(20-19-16)22-10-12-23(13-11-22)27(24,25)18-3-2-14-26-18/h2-5,14-15H,6-13H2,1H3. The van der Waals surface area contributed by atoms with E-state index in [-0.39, 0.29) is 0 Å². The van der Waals surface area contributed by atoms with Crippen LogP contribution in [0.15, 0.2) is 33.9 Å². The predicted molar refractivity (Wildman–Crippen MR) is 108 cm³/mol. The Kier molecular flexibility index (Phi) is 5.34. The van der Waals surface area contributed by atoms with Gasteiger partial charge in [0.25, 0.3) is 10.0 Å². The van der Waals surface area contributed by atoms with Gasteiger partial charge in [-0.15, -0.1) is 21.5 Å². The number of nitrogens with zero attached hydrogens (tertiary/aromatic N) is 5. The second-order valence-electron chi connectivity index (χ2n) is 7.24. The van der Waals surface area contributed by atoms with Gasteiger partial charge in [-0.25, -0.2) is 8.42 Å². The molecule has 0 radical (unpaired) electrons. The summed E-state index contributed by atoms with van der Waals surface area (Å²) in [6.07, 6.45) is 2.40. The number of aromatic nitrogens is 2. The van der Waals surface area contributed by atoms with Crippen molar-refractivity contribution in [1.29, 1.82) is 0 Å². The lowest BCUT2D eigenvalue weighted by Crippen LogP contribution is -2.48. The molecular formula is C18H25N5O2S2. The van der Waals surface area contributed by atoms with E-state index in [1.807, 2.05) is 12.1 Å². The van der Waals surface area contributed by atoms with Gasteiger partial charge in [0.1, 0.15) is 4.21 Å². The molecule has 0 saturated carbocycles. The molecule has 0 aliphatic carbocycles. The zero-order valence-corrected chi connectivity index (χ0v) is 17.1. The monoisotopic (exact) mass is 407 g/mol. The van der Waals surface area contributed by atoms with E-state index >= 15 is 0 Å². The van der Waals surface area contributed by atoms with E-state index in [0.717, 1.165) is 30.6 Å². The SMILES string of the molecule is CC1CCN(c2ccc(N3CCN(S(=O)(=O)c4cccs4)CC3)nn2)CC1. The molecule has 0 spiro atoms. The maximum absolute atomic E-state index is 12.6. The van der Waals surface area contributed by atoms with Gasteiger partial charge in [-0.1, -0.05) is 13.0 Å². The number of hydrogen-bond acceptors (Lipinski definition) is 7. The topological polar surface area (TPSA) is 69.6 Å². The first kappa shape index (κ1) is 18.6. The molecule has 27 heavy (non-hydrogen) atoms. The molecule has 0 unspecified atom stereocenters. The van der Waals surface area contributed by atoms with Gasteiger partial charge in [-0.2, -0.15) is 4.31 Å². The highest BCUT2D eigenvalue weighted by molar-refractivity contribution is 7.91. The van der Waals surface area contributed by atoms with Crippen molar-refractivity contribution in [3.63, 3.8) is 0 Å². The summed E-state index contributed by atoms with van der Waals surface area (Å²) >= 11 is 1.27. The molecule has 2 aliphatic heterocycles. The molecule has 7 nitrogen and oxygen atoms in total. The Morgan fingerprint density at radius 3 is 2.04 bits per heavy atom. The molecule has 4 heterocycles. The summed E-state index contributed by atoms with van der Waals surface area (Å²) in [6.45, 7) is 6.55. The molecule has 2 saturated heterocycles. The maximum atomic E-state index is 12.6. The maximum Gasteiger partial charge on any atom is 0.252 e. The largest absolute Gasteiger partial charge is 0.355 e. The van der Waals surface area contributed by atoms with Crippen molar-refractivity contribution in [2.75, 3.05) is 49.1 Å². The summed E-state index contributed by atoms with van der Waals surface area (Å²) in [5.74, 6) is 2.54. The van der Waals surface area contributed by atoms with E-state index in [2.05, 4.69) is 26.9 Å². The first-order chi connectivity index (χ1) is 13.0. The smallest absolute Gasteiger partial charge is 0.252 e. The second-order valence-corrected chi connectivity index (χ2v) is 10.4. The zero-order valence-electron chi connectivity index (χ0n) is 15.5. The first-order valence-electron chi connectivity index (χ1n) is 9.41. The Morgan fingerprint density at radius 2 is 1.52 bits per heavy atom. The van der Waals surface area contributed by atoms with Crippen molar-refractivity contribution in [3.8, 4) is 0 Å². The van der Waals surface area contributed by atoms with Gasteiger partial charge >= 0.3 is 0 Å². The fourth-order valence-corrected chi connectivity index (χ4v) is 6.15. The second kappa shape index (κ2) is 7.73. The molecule has 2 fully saturated rings. The van der Waals surface area contributed by atoms with Gasteiger partial charge in [0.15, 0.2) is 11.6 Å². The average Bonchev–Trinajstić information content (AvgIpc) is 3.25. The van der Waals surface area contributed by atoms with Gasteiger partial charge in [-0.05, 0) is 42.3 Å². The lowest BCUT2D eigenvalue weighted by molar-refractivity contribution is 0.384.